The van der Waals surface area contributed by atoms with Crippen molar-refractivity contribution in [2.24, 2.45) is 11.7 Å². The number of halogens is 3. The topological polar surface area (TPSA) is 35.2 Å². The van der Waals surface area contributed by atoms with Crippen LogP contribution in [-0.4, -0.2) is 6.36 Å². The molecule has 0 heterocycles. The molecule has 1 rings (SSSR count). The summed E-state index contributed by atoms with van der Waals surface area (Å²) in [5.74, 6) is 0.339. The highest BCUT2D eigenvalue weighted by molar-refractivity contribution is 5.29. The van der Waals surface area contributed by atoms with E-state index in [2.05, 4.69) is 18.6 Å². The van der Waals surface area contributed by atoms with Gasteiger partial charge in [0.2, 0.25) is 0 Å². The zero-order valence-corrected chi connectivity index (χ0v) is 10.5. The Morgan fingerprint density at radius 3 is 2.11 bits per heavy atom. The fourth-order valence-electron chi connectivity index (χ4n) is 1.60. The molecule has 102 valence electrons. The van der Waals surface area contributed by atoms with Crippen molar-refractivity contribution in [1.29, 1.82) is 0 Å². The molecule has 0 unspecified atom stereocenters. The fourth-order valence-corrected chi connectivity index (χ4v) is 1.60. The first-order valence-electron chi connectivity index (χ1n) is 5.89. The SMILES string of the molecule is CC(C)CC[C@@H](N)c1ccc(OC(F)(F)F)cc1. The number of hydrogen-bond donors (Lipinski definition) is 1. The Hall–Kier alpha value is -1.23. The van der Waals surface area contributed by atoms with E-state index in [9.17, 15) is 13.2 Å². The van der Waals surface area contributed by atoms with Crippen molar-refractivity contribution < 1.29 is 17.9 Å². The zero-order valence-electron chi connectivity index (χ0n) is 10.5. The molecule has 0 aliphatic rings. The maximum Gasteiger partial charge on any atom is 0.573 e. The molecule has 0 spiro atoms. The minimum atomic E-state index is -4.65. The van der Waals surface area contributed by atoms with E-state index in [1.807, 2.05) is 0 Å². The van der Waals surface area contributed by atoms with Gasteiger partial charge in [-0.05, 0) is 36.5 Å². The van der Waals surface area contributed by atoms with E-state index in [0.29, 0.717) is 5.92 Å². The fraction of sp³-hybridized carbons (Fsp3) is 0.538. The minimum Gasteiger partial charge on any atom is -0.406 e. The maximum absolute atomic E-state index is 12.0. The summed E-state index contributed by atoms with van der Waals surface area (Å²) < 4.78 is 39.7. The summed E-state index contributed by atoms with van der Waals surface area (Å²) in [5, 5.41) is 0. The Labute approximate surface area is 105 Å². The highest BCUT2D eigenvalue weighted by Gasteiger charge is 2.30. The van der Waals surface area contributed by atoms with Crippen molar-refractivity contribution >= 4 is 0 Å². The van der Waals surface area contributed by atoms with Crippen LogP contribution in [0.1, 0.15) is 38.3 Å². The summed E-state index contributed by atoms with van der Waals surface area (Å²) >= 11 is 0. The number of hydrogen-bond acceptors (Lipinski definition) is 2. The standard InChI is InChI=1S/C13H18F3NO/c1-9(2)3-8-12(17)10-4-6-11(7-5-10)18-13(14,15)16/h4-7,9,12H,3,8,17H2,1-2H3/t12-/m1/s1. The van der Waals surface area contributed by atoms with Crippen LogP contribution in [0.2, 0.25) is 0 Å². The molecule has 2 N–H and O–H groups in total. The second kappa shape index (κ2) is 6.09. The van der Waals surface area contributed by atoms with E-state index in [0.717, 1.165) is 18.4 Å². The number of alkyl halides is 3. The molecule has 0 fully saturated rings. The molecule has 1 aromatic carbocycles. The highest BCUT2D eigenvalue weighted by atomic mass is 19.4. The van der Waals surface area contributed by atoms with Crippen molar-refractivity contribution in [3.8, 4) is 5.75 Å². The second-order valence-corrected chi connectivity index (χ2v) is 4.69. The average Bonchev–Trinajstić information content (AvgIpc) is 2.24. The third-order valence-corrected chi connectivity index (χ3v) is 2.60. The van der Waals surface area contributed by atoms with Gasteiger partial charge in [-0.15, -0.1) is 13.2 Å². The van der Waals surface area contributed by atoms with Crippen molar-refractivity contribution in [3.05, 3.63) is 29.8 Å². The summed E-state index contributed by atoms with van der Waals surface area (Å²) in [6.45, 7) is 4.21. The molecular formula is C13H18F3NO. The van der Waals surface area contributed by atoms with E-state index in [-0.39, 0.29) is 11.8 Å². The van der Waals surface area contributed by atoms with Gasteiger partial charge in [-0.2, -0.15) is 0 Å². The summed E-state index contributed by atoms with van der Waals surface area (Å²) in [7, 11) is 0. The lowest BCUT2D eigenvalue weighted by molar-refractivity contribution is -0.274. The molecule has 0 aromatic heterocycles. The first kappa shape index (κ1) is 14.8. The Morgan fingerprint density at radius 1 is 1.11 bits per heavy atom. The Morgan fingerprint density at radius 2 is 1.67 bits per heavy atom. The lowest BCUT2D eigenvalue weighted by Crippen LogP contribution is -2.17. The van der Waals surface area contributed by atoms with Gasteiger partial charge in [0.1, 0.15) is 5.75 Å². The van der Waals surface area contributed by atoms with E-state index in [1.165, 1.54) is 12.1 Å². The summed E-state index contributed by atoms with van der Waals surface area (Å²) in [6, 6.07) is 5.58. The summed E-state index contributed by atoms with van der Waals surface area (Å²) in [5.41, 5.74) is 6.78. The monoisotopic (exact) mass is 261 g/mol. The Kier molecular flexibility index (Phi) is 5.02. The number of nitrogens with two attached hydrogens (primary N) is 1. The van der Waals surface area contributed by atoms with E-state index < -0.39 is 6.36 Å². The van der Waals surface area contributed by atoms with Gasteiger partial charge < -0.3 is 10.5 Å². The van der Waals surface area contributed by atoms with Crippen LogP contribution in [0.3, 0.4) is 0 Å². The van der Waals surface area contributed by atoms with Crippen LogP contribution in [-0.2, 0) is 0 Å². The van der Waals surface area contributed by atoms with Gasteiger partial charge in [-0.25, -0.2) is 0 Å². The Bertz CT molecular complexity index is 359. The number of ether oxygens (including phenoxy) is 1. The lowest BCUT2D eigenvalue weighted by Gasteiger charge is -2.14. The number of rotatable bonds is 5. The molecule has 0 saturated carbocycles. The van der Waals surface area contributed by atoms with E-state index in [1.54, 1.807) is 12.1 Å². The summed E-state index contributed by atoms with van der Waals surface area (Å²) in [6.07, 6.45) is -2.85. The molecule has 0 amide bonds. The van der Waals surface area contributed by atoms with Gasteiger partial charge in [0, 0.05) is 6.04 Å². The quantitative estimate of drug-likeness (QED) is 0.868. The van der Waals surface area contributed by atoms with E-state index in [4.69, 9.17) is 5.73 Å². The molecule has 5 heteroatoms. The molecule has 0 aliphatic carbocycles. The maximum atomic E-state index is 12.0. The van der Waals surface area contributed by atoms with Gasteiger partial charge in [-0.1, -0.05) is 26.0 Å². The first-order valence-corrected chi connectivity index (χ1v) is 5.89. The molecule has 2 nitrogen and oxygen atoms in total. The van der Waals surface area contributed by atoms with Crippen LogP contribution in [0.25, 0.3) is 0 Å². The molecule has 1 aromatic rings. The van der Waals surface area contributed by atoms with E-state index >= 15 is 0 Å². The third kappa shape index (κ3) is 5.40. The lowest BCUT2D eigenvalue weighted by atomic mass is 9.98. The highest BCUT2D eigenvalue weighted by Crippen LogP contribution is 2.25. The van der Waals surface area contributed by atoms with Gasteiger partial charge in [0.15, 0.2) is 0 Å². The zero-order chi connectivity index (χ0) is 13.8. The van der Waals surface area contributed by atoms with Gasteiger partial charge >= 0.3 is 6.36 Å². The van der Waals surface area contributed by atoms with Crippen LogP contribution in [0, 0.1) is 5.92 Å². The van der Waals surface area contributed by atoms with Crippen LogP contribution in [0.5, 0.6) is 5.75 Å². The molecule has 0 aliphatic heterocycles. The molecule has 0 radical (unpaired) electrons. The molecule has 0 bridgehead atoms. The first-order chi connectivity index (χ1) is 8.28. The van der Waals surface area contributed by atoms with Crippen LogP contribution in [0.15, 0.2) is 24.3 Å². The van der Waals surface area contributed by atoms with Crippen LogP contribution < -0.4 is 10.5 Å². The van der Waals surface area contributed by atoms with Crippen LogP contribution >= 0.6 is 0 Å². The predicted molar refractivity (Wildman–Crippen MR) is 64.1 cm³/mol. The summed E-state index contributed by atoms with van der Waals surface area (Å²) in [4.78, 5) is 0. The van der Waals surface area contributed by atoms with Gasteiger partial charge in [0.05, 0.1) is 0 Å². The van der Waals surface area contributed by atoms with Crippen molar-refractivity contribution in [2.45, 2.75) is 39.1 Å². The molecule has 0 saturated heterocycles. The van der Waals surface area contributed by atoms with Gasteiger partial charge in [0.25, 0.3) is 0 Å². The smallest absolute Gasteiger partial charge is 0.406 e. The second-order valence-electron chi connectivity index (χ2n) is 4.69. The van der Waals surface area contributed by atoms with Crippen molar-refractivity contribution in [1.82, 2.24) is 0 Å². The van der Waals surface area contributed by atoms with Gasteiger partial charge in [-0.3, -0.25) is 0 Å². The predicted octanol–water partition coefficient (Wildman–Crippen LogP) is 4.02. The molecule has 18 heavy (non-hydrogen) atoms. The van der Waals surface area contributed by atoms with Crippen molar-refractivity contribution in [2.75, 3.05) is 0 Å². The average molecular weight is 261 g/mol. The molecule has 1 atom stereocenters. The largest absolute Gasteiger partial charge is 0.573 e. The van der Waals surface area contributed by atoms with Crippen LogP contribution in [0.4, 0.5) is 13.2 Å². The van der Waals surface area contributed by atoms with Crippen molar-refractivity contribution in [3.63, 3.8) is 0 Å². The minimum absolute atomic E-state index is 0.146. The third-order valence-electron chi connectivity index (χ3n) is 2.60. The normalized spacial score (nSPS) is 13.7. The Balaban J connectivity index is 2.59. The molecular weight excluding hydrogens is 243 g/mol. The number of benzene rings is 1.